The second kappa shape index (κ2) is 7.57. The van der Waals surface area contributed by atoms with Crippen LogP contribution < -0.4 is 14.2 Å². The maximum Gasteiger partial charge on any atom is 0.270 e. The number of aromatic nitrogens is 4. The molecule has 1 aromatic carbocycles. The minimum absolute atomic E-state index is 0.00810. The zero-order valence-corrected chi connectivity index (χ0v) is 17.7. The molecular formula is C20H17N5O6S. The molecule has 0 unspecified atom stereocenters. The van der Waals surface area contributed by atoms with Gasteiger partial charge in [-0.2, -0.15) is 5.10 Å². The van der Waals surface area contributed by atoms with E-state index in [1.807, 2.05) is 0 Å². The monoisotopic (exact) mass is 456 g/mol. The summed E-state index contributed by atoms with van der Waals surface area (Å²) in [6, 6.07) is 7.91. The first-order chi connectivity index (χ1) is 15.9. The summed E-state index contributed by atoms with van der Waals surface area (Å²) >= 11 is 0. The maximum absolute atomic E-state index is 13.4. The lowest BCUT2D eigenvalue weighted by Gasteiger charge is -2.11. The molecular weight excluding hydrogens is 438 g/mol. The van der Waals surface area contributed by atoms with Gasteiger partial charge in [-0.1, -0.05) is 5.16 Å². The highest BCUT2D eigenvalue weighted by atomic mass is 32.2. The highest BCUT2D eigenvalue weighted by Gasteiger charge is 2.28. The van der Waals surface area contributed by atoms with Crippen LogP contribution in [0.15, 0.2) is 62.8 Å². The first kappa shape index (κ1) is 18.7. The van der Waals surface area contributed by atoms with E-state index in [1.54, 1.807) is 35.3 Å². The summed E-state index contributed by atoms with van der Waals surface area (Å²) in [7, 11) is -1.53. The first-order valence-electron chi connectivity index (χ1n) is 9.80. The van der Waals surface area contributed by atoms with Crippen LogP contribution >= 0.6 is 0 Å². The highest BCUT2D eigenvalue weighted by Crippen LogP contribution is 2.37. The topological polar surface area (TPSA) is 135 Å². The molecule has 0 saturated carbocycles. The van der Waals surface area contributed by atoms with Crippen molar-refractivity contribution in [2.75, 3.05) is 18.9 Å². The Morgan fingerprint density at radius 2 is 2.12 bits per heavy atom. The molecule has 5 rings (SSSR count). The molecule has 5 aromatic rings. The van der Waals surface area contributed by atoms with Crippen LogP contribution in [-0.2, 0) is 16.6 Å². The molecule has 4 heterocycles. The van der Waals surface area contributed by atoms with E-state index in [-0.39, 0.29) is 45.1 Å². The Bertz CT molecular complexity index is 1580. The van der Waals surface area contributed by atoms with Gasteiger partial charge >= 0.3 is 0 Å². The number of furan rings is 1. The highest BCUT2D eigenvalue weighted by molar-refractivity contribution is 7.93. The van der Waals surface area contributed by atoms with Crippen molar-refractivity contribution >= 4 is 37.8 Å². The zero-order chi connectivity index (χ0) is 23.2. The van der Waals surface area contributed by atoms with Gasteiger partial charge in [0.25, 0.3) is 10.0 Å². The van der Waals surface area contributed by atoms with Gasteiger partial charge in [0.1, 0.15) is 12.5 Å². The van der Waals surface area contributed by atoms with E-state index in [0.29, 0.717) is 17.6 Å². The van der Waals surface area contributed by atoms with Crippen LogP contribution in [0.3, 0.4) is 0 Å². The van der Waals surface area contributed by atoms with Crippen LogP contribution in [0.25, 0.3) is 21.9 Å². The number of benzene rings is 1. The van der Waals surface area contributed by atoms with E-state index in [9.17, 15) is 8.42 Å². The lowest BCUT2D eigenvalue weighted by molar-refractivity contribution is 0.400. The molecule has 1 N–H and O–H groups in total. The quantitative estimate of drug-likeness (QED) is 0.392. The Hall–Kier alpha value is -4.06. The number of nitrogens with zero attached hydrogens (tertiary/aromatic N) is 4. The number of hydrogen-bond acceptors (Lipinski definition) is 9. The van der Waals surface area contributed by atoms with Gasteiger partial charge in [-0.15, -0.1) is 0 Å². The summed E-state index contributed by atoms with van der Waals surface area (Å²) in [6.07, 6.45) is 3.25. The van der Waals surface area contributed by atoms with Crippen molar-refractivity contribution in [1.82, 2.24) is 19.9 Å². The van der Waals surface area contributed by atoms with Gasteiger partial charge in [-0.3, -0.25) is 9.40 Å². The van der Waals surface area contributed by atoms with Gasteiger partial charge in [-0.05, 0) is 24.3 Å². The third kappa shape index (κ3) is 3.30. The van der Waals surface area contributed by atoms with Crippen LogP contribution in [0.5, 0.6) is 11.6 Å². The van der Waals surface area contributed by atoms with Crippen molar-refractivity contribution < 1.29 is 28.2 Å². The van der Waals surface area contributed by atoms with Crippen LogP contribution in [0.4, 0.5) is 5.82 Å². The standard InChI is InChI=1S/C20H17N5O6S/c1-28-14-5-4-12-6-9-30-17(12)18(14)32(26,27)24-19-16-15(31-23-19)10-13(22-20(16)29-2)11-25-8-3-7-21-25/h3-10H,11H2,1-2H3,(H,23,24)/i9D. The van der Waals surface area contributed by atoms with E-state index in [0.717, 1.165) is 0 Å². The van der Waals surface area contributed by atoms with Gasteiger partial charge < -0.3 is 18.4 Å². The molecule has 0 amide bonds. The Morgan fingerprint density at radius 3 is 2.88 bits per heavy atom. The molecule has 0 aliphatic carbocycles. The third-order valence-corrected chi connectivity index (χ3v) is 6.14. The Kier molecular flexibility index (Phi) is 4.42. The van der Waals surface area contributed by atoms with Gasteiger partial charge in [0.15, 0.2) is 21.9 Å². The van der Waals surface area contributed by atoms with Crippen molar-refractivity contribution in [3.63, 3.8) is 0 Å². The van der Waals surface area contributed by atoms with Crippen LogP contribution in [0.1, 0.15) is 7.06 Å². The molecule has 12 heteroatoms. The summed E-state index contributed by atoms with van der Waals surface area (Å²) in [5.74, 6) is 0.0608. The molecule has 0 radical (unpaired) electrons. The fraction of sp³-hybridized carbons (Fsp3) is 0.150. The molecule has 0 aliphatic heterocycles. The lowest BCUT2D eigenvalue weighted by atomic mass is 10.2. The van der Waals surface area contributed by atoms with Crippen LogP contribution in [0.2, 0.25) is 0 Å². The largest absolute Gasteiger partial charge is 0.495 e. The van der Waals surface area contributed by atoms with Crippen molar-refractivity contribution in [1.29, 1.82) is 0 Å². The fourth-order valence-electron chi connectivity index (χ4n) is 3.36. The molecule has 0 saturated heterocycles. The smallest absolute Gasteiger partial charge is 0.270 e. The average Bonchev–Trinajstić information content (AvgIpc) is 3.52. The van der Waals surface area contributed by atoms with Gasteiger partial charge in [0, 0.05) is 23.8 Å². The second-order valence-corrected chi connectivity index (χ2v) is 8.34. The van der Waals surface area contributed by atoms with Gasteiger partial charge in [-0.25, -0.2) is 13.4 Å². The van der Waals surface area contributed by atoms with E-state index in [2.05, 4.69) is 20.0 Å². The molecule has 0 fully saturated rings. The van der Waals surface area contributed by atoms with E-state index in [1.165, 1.54) is 26.4 Å². The van der Waals surface area contributed by atoms with E-state index >= 15 is 0 Å². The molecule has 0 spiro atoms. The molecule has 0 bridgehead atoms. The molecule has 0 aliphatic rings. The van der Waals surface area contributed by atoms with Crippen LogP contribution in [0, 0.1) is 0 Å². The number of fused-ring (bicyclic) bond motifs is 2. The van der Waals surface area contributed by atoms with Gasteiger partial charge in [0.05, 0.1) is 32.7 Å². The minimum Gasteiger partial charge on any atom is -0.495 e. The summed E-state index contributed by atoms with van der Waals surface area (Å²) in [5.41, 5.74) is 0.850. The van der Waals surface area contributed by atoms with Crippen molar-refractivity contribution in [3.05, 3.63) is 54.7 Å². The summed E-state index contributed by atoms with van der Waals surface area (Å²) < 4.78 is 59.8. The predicted octanol–water partition coefficient (Wildman–Crippen LogP) is 3.03. The van der Waals surface area contributed by atoms with E-state index in [4.69, 9.17) is 19.8 Å². The summed E-state index contributed by atoms with van der Waals surface area (Å²) in [4.78, 5) is 4.17. The number of nitrogens with one attached hydrogen (secondary N) is 1. The number of pyridine rings is 1. The minimum atomic E-state index is -4.28. The Morgan fingerprint density at radius 1 is 1.25 bits per heavy atom. The molecule has 32 heavy (non-hydrogen) atoms. The first-order valence-corrected chi connectivity index (χ1v) is 10.8. The number of anilines is 1. The maximum atomic E-state index is 13.4. The summed E-state index contributed by atoms with van der Waals surface area (Å²) in [6.45, 7) is 0.355. The molecule has 11 nitrogen and oxygen atoms in total. The van der Waals surface area contributed by atoms with Crippen LogP contribution in [-0.4, -0.2) is 42.6 Å². The normalized spacial score (nSPS) is 12.2. The summed E-state index contributed by atoms with van der Waals surface area (Å²) in [5, 5.41) is 8.70. The number of methoxy groups -OCH3 is 2. The molecule has 164 valence electrons. The van der Waals surface area contributed by atoms with Gasteiger partial charge in [0.2, 0.25) is 5.88 Å². The zero-order valence-electron chi connectivity index (χ0n) is 17.9. The molecule has 0 atom stereocenters. The third-order valence-electron chi connectivity index (χ3n) is 4.75. The Labute approximate surface area is 183 Å². The Balaban J connectivity index is 1.59. The number of rotatable bonds is 7. The lowest BCUT2D eigenvalue weighted by Crippen LogP contribution is -2.15. The fourth-order valence-corrected chi connectivity index (χ4v) is 4.68. The number of ether oxygens (including phenoxy) is 2. The van der Waals surface area contributed by atoms with Crippen molar-refractivity contribution in [2.24, 2.45) is 0 Å². The molecule has 4 aromatic heterocycles. The average molecular weight is 456 g/mol. The number of sulfonamides is 1. The van der Waals surface area contributed by atoms with Crippen molar-refractivity contribution in [2.45, 2.75) is 11.4 Å². The SMILES string of the molecule is [2H]c1cc2ccc(OC)c(S(=O)(=O)Nc3noc4cc(Cn5cccn5)nc(OC)c34)c2o1. The van der Waals surface area contributed by atoms with E-state index < -0.39 is 10.0 Å². The van der Waals surface area contributed by atoms with Crippen molar-refractivity contribution in [3.8, 4) is 11.6 Å². The second-order valence-electron chi connectivity index (χ2n) is 6.72. The number of hydrogen-bond donors (Lipinski definition) is 1. The predicted molar refractivity (Wildman–Crippen MR) is 113 cm³/mol.